The zero-order valence-electron chi connectivity index (χ0n) is 10.7. The molecule has 0 radical (unpaired) electrons. The molecule has 1 fully saturated rings. The van der Waals surface area contributed by atoms with Gasteiger partial charge in [0.05, 0.1) is 6.42 Å². The number of carbonyl (C=O) groups is 3. The van der Waals surface area contributed by atoms with E-state index in [1.807, 2.05) is 0 Å². The molecule has 1 saturated heterocycles. The lowest BCUT2D eigenvalue weighted by atomic mass is 10.0. The second-order valence-corrected chi connectivity index (χ2v) is 4.39. The lowest BCUT2D eigenvalue weighted by molar-refractivity contribution is -0.157. The van der Waals surface area contributed by atoms with Crippen LogP contribution in [0.15, 0.2) is 43.0 Å². The van der Waals surface area contributed by atoms with Crippen LogP contribution in [-0.2, 0) is 14.4 Å². The van der Waals surface area contributed by atoms with Crippen LogP contribution in [0.25, 0.3) is 0 Å². The molecule has 1 aromatic carbocycles. The van der Waals surface area contributed by atoms with Gasteiger partial charge in [0.25, 0.3) is 0 Å². The fourth-order valence-corrected chi connectivity index (χ4v) is 2.21. The first-order chi connectivity index (χ1) is 9.54. The van der Waals surface area contributed by atoms with Crippen molar-refractivity contribution in [3.05, 3.63) is 48.6 Å². The average molecular weight is 274 g/mol. The number of carboxylic acids is 1. The lowest BCUT2D eigenvalue weighted by Crippen LogP contribution is -2.57. The van der Waals surface area contributed by atoms with Gasteiger partial charge in [-0.25, -0.2) is 4.79 Å². The first kappa shape index (κ1) is 13.8. The summed E-state index contributed by atoms with van der Waals surface area (Å²) in [5.41, 5.74) is 0.641. The molecule has 0 saturated carbocycles. The summed E-state index contributed by atoms with van der Waals surface area (Å²) in [6, 6.07) is 7.55. The van der Waals surface area contributed by atoms with Crippen LogP contribution in [0.1, 0.15) is 18.2 Å². The van der Waals surface area contributed by atoms with Crippen LogP contribution in [0.4, 0.5) is 0 Å². The van der Waals surface area contributed by atoms with Crippen LogP contribution in [-0.4, -0.2) is 33.8 Å². The van der Waals surface area contributed by atoms with E-state index in [1.165, 1.54) is 0 Å². The third-order valence-corrected chi connectivity index (χ3v) is 3.12. The zero-order valence-corrected chi connectivity index (χ0v) is 10.7. The molecule has 0 spiro atoms. The maximum atomic E-state index is 12.0. The number of carbonyl (C=O) groups excluding carboxylic acids is 2. The molecule has 2 amide bonds. The number of rotatable bonds is 3. The van der Waals surface area contributed by atoms with Crippen LogP contribution in [0.5, 0.6) is 0 Å². The molecule has 20 heavy (non-hydrogen) atoms. The van der Waals surface area contributed by atoms with Gasteiger partial charge in [0, 0.05) is 0 Å². The Labute approximate surface area is 115 Å². The van der Waals surface area contributed by atoms with Crippen molar-refractivity contribution in [3.8, 4) is 0 Å². The average Bonchev–Trinajstić information content (AvgIpc) is 2.46. The van der Waals surface area contributed by atoms with E-state index < -0.39 is 30.0 Å². The molecule has 1 heterocycles. The molecule has 104 valence electrons. The molecule has 6 nitrogen and oxygen atoms in total. The van der Waals surface area contributed by atoms with Crippen LogP contribution in [0.3, 0.4) is 0 Å². The number of benzene rings is 1. The highest BCUT2D eigenvalue weighted by Crippen LogP contribution is 2.26. The summed E-state index contributed by atoms with van der Waals surface area (Å²) in [5, 5.41) is 11.9. The third kappa shape index (κ3) is 2.54. The van der Waals surface area contributed by atoms with Gasteiger partial charge in [-0.1, -0.05) is 36.9 Å². The van der Waals surface area contributed by atoms with Gasteiger partial charge in [-0.2, -0.15) is 0 Å². The molecule has 6 heteroatoms. The highest BCUT2D eigenvalue weighted by atomic mass is 16.4. The predicted octanol–water partition coefficient (Wildman–Crippen LogP) is 0.673. The molecule has 1 aromatic rings. The van der Waals surface area contributed by atoms with Gasteiger partial charge in [-0.3, -0.25) is 9.59 Å². The Kier molecular flexibility index (Phi) is 3.84. The maximum absolute atomic E-state index is 12.0. The highest BCUT2D eigenvalue weighted by molar-refractivity contribution is 5.95. The van der Waals surface area contributed by atoms with E-state index in [2.05, 4.69) is 11.9 Å². The number of nitrogens with zero attached hydrogens (tertiary/aromatic N) is 1. The van der Waals surface area contributed by atoms with Gasteiger partial charge in [0.2, 0.25) is 11.8 Å². The topological polar surface area (TPSA) is 86.7 Å². The van der Waals surface area contributed by atoms with E-state index in [-0.39, 0.29) is 6.42 Å². The summed E-state index contributed by atoms with van der Waals surface area (Å²) < 4.78 is 0. The van der Waals surface area contributed by atoms with Gasteiger partial charge < -0.3 is 15.3 Å². The number of hydrogen-bond acceptors (Lipinski definition) is 3. The minimum atomic E-state index is -1.21. The molecule has 0 aromatic heterocycles. The Bertz CT molecular complexity index is 556. The Hall–Kier alpha value is -2.63. The Balaban J connectivity index is 2.44. The Morgan fingerprint density at radius 2 is 2.00 bits per heavy atom. The second kappa shape index (κ2) is 5.56. The molecule has 0 bridgehead atoms. The standard InChI is InChI=1S/C14H14N2O4/c1-2-12(18)16-10(14(19)20)8-11(17)15-13(16)9-6-4-3-5-7-9/h2-7,10,13H,1,8H2,(H,15,17)(H,19,20)/t10-,13-/m0/s1. The molecule has 1 aliphatic heterocycles. The zero-order chi connectivity index (χ0) is 14.7. The van der Waals surface area contributed by atoms with Crippen LogP contribution in [0.2, 0.25) is 0 Å². The smallest absolute Gasteiger partial charge is 0.327 e. The van der Waals surface area contributed by atoms with E-state index in [0.29, 0.717) is 5.56 Å². The predicted molar refractivity (Wildman–Crippen MR) is 70.4 cm³/mol. The largest absolute Gasteiger partial charge is 0.480 e. The fourth-order valence-electron chi connectivity index (χ4n) is 2.21. The first-order valence-electron chi connectivity index (χ1n) is 6.06. The highest BCUT2D eigenvalue weighted by Gasteiger charge is 2.41. The summed E-state index contributed by atoms with van der Waals surface area (Å²) >= 11 is 0. The van der Waals surface area contributed by atoms with E-state index in [9.17, 15) is 19.5 Å². The lowest BCUT2D eigenvalue weighted by Gasteiger charge is -2.39. The van der Waals surface area contributed by atoms with Crippen molar-refractivity contribution in [3.63, 3.8) is 0 Å². The summed E-state index contributed by atoms with van der Waals surface area (Å²) in [6.07, 6.45) is -0.0224. The minimum Gasteiger partial charge on any atom is -0.480 e. The molecule has 2 atom stereocenters. The molecule has 0 unspecified atom stereocenters. The molecular weight excluding hydrogens is 260 g/mol. The maximum Gasteiger partial charge on any atom is 0.327 e. The van der Waals surface area contributed by atoms with Crippen LogP contribution < -0.4 is 5.32 Å². The first-order valence-corrected chi connectivity index (χ1v) is 6.06. The third-order valence-electron chi connectivity index (χ3n) is 3.12. The van der Waals surface area contributed by atoms with Crippen molar-refractivity contribution < 1.29 is 19.5 Å². The Morgan fingerprint density at radius 1 is 1.35 bits per heavy atom. The van der Waals surface area contributed by atoms with Gasteiger partial charge in [-0.05, 0) is 11.6 Å². The number of nitrogens with one attached hydrogen (secondary N) is 1. The fraction of sp³-hybridized carbons (Fsp3) is 0.214. The molecule has 2 N–H and O–H groups in total. The molecule has 0 aliphatic carbocycles. The number of hydrogen-bond donors (Lipinski definition) is 2. The monoisotopic (exact) mass is 274 g/mol. The minimum absolute atomic E-state index is 0.266. The summed E-state index contributed by atoms with van der Waals surface area (Å²) in [4.78, 5) is 36.1. The van der Waals surface area contributed by atoms with Crippen LogP contribution >= 0.6 is 0 Å². The van der Waals surface area contributed by atoms with Crippen molar-refractivity contribution in [2.75, 3.05) is 0 Å². The van der Waals surface area contributed by atoms with E-state index in [1.54, 1.807) is 30.3 Å². The molecule has 2 rings (SSSR count). The summed E-state index contributed by atoms with van der Waals surface area (Å²) in [5.74, 6) is -2.15. The van der Waals surface area contributed by atoms with Gasteiger partial charge in [0.15, 0.2) is 0 Å². The van der Waals surface area contributed by atoms with Crippen molar-refractivity contribution in [1.29, 1.82) is 0 Å². The van der Waals surface area contributed by atoms with Gasteiger partial charge in [-0.15, -0.1) is 0 Å². The number of amides is 2. The summed E-state index contributed by atoms with van der Waals surface area (Å²) in [6.45, 7) is 3.38. The van der Waals surface area contributed by atoms with Crippen molar-refractivity contribution in [1.82, 2.24) is 10.2 Å². The van der Waals surface area contributed by atoms with Crippen molar-refractivity contribution in [2.45, 2.75) is 18.6 Å². The van der Waals surface area contributed by atoms with E-state index >= 15 is 0 Å². The molecular formula is C14H14N2O4. The normalized spacial score (nSPS) is 22.0. The van der Waals surface area contributed by atoms with Crippen LogP contribution in [0, 0.1) is 0 Å². The van der Waals surface area contributed by atoms with Gasteiger partial charge in [0.1, 0.15) is 12.2 Å². The van der Waals surface area contributed by atoms with Crippen molar-refractivity contribution in [2.24, 2.45) is 0 Å². The SMILES string of the molecule is C=CC(=O)N1[C@@H](c2ccccc2)NC(=O)C[C@H]1C(=O)O. The quantitative estimate of drug-likeness (QED) is 0.793. The van der Waals surface area contributed by atoms with Crippen molar-refractivity contribution >= 4 is 17.8 Å². The van der Waals surface area contributed by atoms with E-state index in [0.717, 1.165) is 11.0 Å². The van der Waals surface area contributed by atoms with E-state index in [4.69, 9.17) is 0 Å². The molecule has 1 aliphatic rings. The van der Waals surface area contributed by atoms with Gasteiger partial charge >= 0.3 is 5.97 Å². The second-order valence-electron chi connectivity index (χ2n) is 4.39. The number of carboxylic acid groups (broad SMARTS) is 1. The Morgan fingerprint density at radius 3 is 2.55 bits per heavy atom. The number of aliphatic carboxylic acids is 1. The summed E-state index contributed by atoms with van der Waals surface area (Å²) in [7, 11) is 0.